The summed E-state index contributed by atoms with van der Waals surface area (Å²) < 4.78 is 19.8. The van der Waals surface area contributed by atoms with Crippen LogP contribution in [0.3, 0.4) is 0 Å². The van der Waals surface area contributed by atoms with Gasteiger partial charge in [0.1, 0.15) is 11.6 Å². The number of halogens is 1. The molecule has 24 heavy (non-hydrogen) atoms. The molecule has 3 unspecified atom stereocenters. The van der Waals surface area contributed by atoms with Crippen LogP contribution in [0.5, 0.6) is 5.75 Å². The second-order valence-electron chi connectivity index (χ2n) is 7.25. The fraction of sp³-hybridized carbons (Fsp3) is 0.684. The van der Waals surface area contributed by atoms with E-state index in [0.29, 0.717) is 0 Å². The number of ether oxygens (including phenoxy) is 1. The average molecular weight is 335 g/mol. The van der Waals surface area contributed by atoms with Crippen molar-refractivity contribution in [3.8, 4) is 5.75 Å². The van der Waals surface area contributed by atoms with Crippen molar-refractivity contribution in [1.82, 2.24) is 15.5 Å². The maximum Gasteiger partial charge on any atom is 0.125 e. The monoisotopic (exact) mass is 335 g/mol. The van der Waals surface area contributed by atoms with Crippen LogP contribution >= 0.6 is 0 Å². The Hall–Kier alpha value is -1.17. The fourth-order valence-corrected chi connectivity index (χ4v) is 4.13. The predicted molar refractivity (Wildman–Crippen MR) is 94.7 cm³/mol. The van der Waals surface area contributed by atoms with E-state index in [-0.39, 0.29) is 23.6 Å². The molecule has 2 aliphatic heterocycles. The molecule has 2 aliphatic rings. The highest BCUT2D eigenvalue weighted by Crippen LogP contribution is 2.43. The third kappa shape index (κ3) is 3.58. The summed E-state index contributed by atoms with van der Waals surface area (Å²) in [5, 5.41) is 7.20. The van der Waals surface area contributed by atoms with Gasteiger partial charge in [-0.2, -0.15) is 0 Å². The first kappa shape index (κ1) is 17.6. The summed E-state index contributed by atoms with van der Waals surface area (Å²) in [7, 11) is 0. The molecule has 3 atom stereocenters. The van der Waals surface area contributed by atoms with E-state index in [2.05, 4.69) is 36.3 Å². The largest absolute Gasteiger partial charge is 0.490 e. The van der Waals surface area contributed by atoms with Crippen LogP contribution in [0.4, 0.5) is 4.39 Å². The molecular formula is C19H30FN3O. The fourth-order valence-electron chi connectivity index (χ4n) is 4.13. The number of hydrogen-bond donors (Lipinski definition) is 2. The predicted octanol–water partition coefficient (Wildman–Crippen LogP) is 2.83. The van der Waals surface area contributed by atoms with Crippen LogP contribution in [0.2, 0.25) is 0 Å². The Balaban J connectivity index is 1.71. The minimum Gasteiger partial charge on any atom is -0.490 e. The second-order valence-corrected chi connectivity index (χ2v) is 7.25. The van der Waals surface area contributed by atoms with Crippen LogP contribution in [0.15, 0.2) is 18.2 Å². The molecule has 0 saturated carbocycles. The highest BCUT2D eigenvalue weighted by atomic mass is 19.1. The molecule has 0 aliphatic carbocycles. The Morgan fingerprint density at radius 2 is 2.21 bits per heavy atom. The molecule has 2 heterocycles. The summed E-state index contributed by atoms with van der Waals surface area (Å²) in [6.45, 7) is 10.6. The van der Waals surface area contributed by atoms with E-state index in [1.165, 1.54) is 12.5 Å². The van der Waals surface area contributed by atoms with E-state index < -0.39 is 0 Å². The number of nitrogens with zero attached hydrogens (tertiary/aromatic N) is 1. The molecule has 134 valence electrons. The van der Waals surface area contributed by atoms with Crippen molar-refractivity contribution >= 4 is 0 Å². The first-order valence-electron chi connectivity index (χ1n) is 9.23. The molecule has 1 saturated heterocycles. The quantitative estimate of drug-likeness (QED) is 0.784. The Labute approximate surface area is 144 Å². The van der Waals surface area contributed by atoms with Crippen molar-refractivity contribution in [1.29, 1.82) is 0 Å². The van der Waals surface area contributed by atoms with Gasteiger partial charge >= 0.3 is 0 Å². The first-order valence-corrected chi connectivity index (χ1v) is 9.23. The Morgan fingerprint density at radius 1 is 1.38 bits per heavy atom. The van der Waals surface area contributed by atoms with Crippen LogP contribution in [-0.4, -0.2) is 43.3 Å². The third-order valence-corrected chi connectivity index (χ3v) is 5.15. The van der Waals surface area contributed by atoms with Crippen molar-refractivity contribution in [2.24, 2.45) is 0 Å². The highest BCUT2D eigenvalue weighted by molar-refractivity contribution is 5.43. The van der Waals surface area contributed by atoms with E-state index in [4.69, 9.17) is 4.74 Å². The van der Waals surface area contributed by atoms with Gasteiger partial charge in [0.15, 0.2) is 0 Å². The van der Waals surface area contributed by atoms with Gasteiger partial charge in [-0.3, -0.25) is 10.2 Å². The number of nitrogens with one attached hydrogen (secondary N) is 2. The Bertz CT molecular complexity index is 568. The molecule has 1 aromatic rings. The number of benzene rings is 1. The molecule has 0 bridgehead atoms. The summed E-state index contributed by atoms with van der Waals surface area (Å²) in [5.41, 5.74) is 0.768. The van der Waals surface area contributed by atoms with Crippen LogP contribution in [-0.2, 0) is 5.54 Å². The lowest BCUT2D eigenvalue weighted by molar-refractivity contribution is 0.128. The smallest absolute Gasteiger partial charge is 0.125 e. The maximum atomic E-state index is 13.8. The normalized spacial score (nSPS) is 29.7. The summed E-state index contributed by atoms with van der Waals surface area (Å²) in [4.78, 5) is 2.47. The Morgan fingerprint density at radius 3 is 3.00 bits per heavy atom. The Kier molecular flexibility index (Phi) is 5.42. The first-order chi connectivity index (χ1) is 11.5. The standard InChI is InChI=1S/C19H30FN3O/c1-4-8-21-9-5-10-23-13-19(22-15(23)3)12-14(2)24-18-7-6-16(20)11-17(18)19/h6-7,11,14-15,21-22H,4-5,8-10,12-13H2,1-3H3. The van der Waals surface area contributed by atoms with Gasteiger partial charge in [0, 0.05) is 25.1 Å². The molecule has 0 radical (unpaired) electrons. The molecule has 3 rings (SSSR count). The van der Waals surface area contributed by atoms with Gasteiger partial charge in [-0.15, -0.1) is 0 Å². The molecule has 1 aromatic carbocycles. The zero-order valence-electron chi connectivity index (χ0n) is 15.1. The lowest BCUT2D eigenvalue weighted by atomic mass is 9.82. The van der Waals surface area contributed by atoms with E-state index in [9.17, 15) is 4.39 Å². The van der Waals surface area contributed by atoms with Crippen molar-refractivity contribution in [3.05, 3.63) is 29.6 Å². The summed E-state index contributed by atoms with van der Waals surface area (Å²) >= 11 is 0. The summed E-state index contributed by atoms with van der Waals surface area (Å²) in [5.74, 6) is 0.629. The third-order valence-electron chi connectivity index (χ3n) is 5.15. The van der Waals surface area contributed by atoms with Crippen LogP contribution in [0, 0.1) is 5.82 Å². The van der Waals surface area contributed by atoms with Crippen LogP contribution < -0.4 is 15.4 Å². The molecular weight excluding hydrogens is 305 g/mol. The van der Waals surface area contributed by atoms with Gasteiger partial charge in [-0.25, -0.2) is 4.39 Å². The second kappa shape index (κ2) is 7.38. The van der Waals surface area contributed by atoms with Gasteiger partial charge in [0.05, 0.1) is 17.8 Å². The zero-order valence-corrected chi connectivity index (χ0v) is 15.1. The van der Waals surface area contributed by atoms with Gasteiger partial charge in [0.2, 0.25) is 0 Å². The molecule has 1 fully saturated rings. The topological polar surface area (TPSA) is 36.5 Å². The minimum atomic E-state index is -0.203. The van der Waals surface area contributed by atoms with Crippen molar-refractivity contribution in [3.63, 3.8) is 0 Å². The highest BCUT2D eigenvalue weighted by Gasteiger charge is 2.47. The van der Waals surface area contributed by atoms with Crippen molar-refractivity contribution in [2.45, 2.75) is 57.8 Å². The van der Waals surface area contributed by atoms with Gasteiger partial charge in [-0.1, -0.05) is 6.92 Å². The SMILES string of the molecule is CCCNCCCN1CC2(CC(C)Oc3ccc(F)cc32)NC1C. The molecule has 0 aromatic heterocycles. The zero-order chi connectivity index (χ0) is 17.2. The molecule has 2 N–H and O–H groups in total. The average Bonchev–Trinajstić information content (AvgIpc) is 2.84. The van der Waals surface area contributed by atoms with Crippen molar-refractivity contribution in [2.75, 3.05) is 26.2 Å². The lowest BCUT2D eigenvalue weighted by Gasteiger charge is -2.39. The van der Waals surface area contributed by atoms with Crippen LogP contribution in [0.25, 0.3) is 0 Å². The number of rotatable bonds is 6. The van der Waals surface area contributed by atoms with E-state index in [1.807, 2.05) is 0 Å². The molecule has 4 nitrogen and oxygen atoms in total. The molecule has 5 heteroatoms. The maximum absolute atomic E-state index is 13.8. The molecule has 0 amide bonds. The van der Waals surface area contributed by atoms with Gasteiger partial charge in [-0.05, 0) is 58.0 Å². The molecule has 1 spiro atoms. The van der Waals surface area contributed by atoms with E-state index in [0.717, 1.165) is 50.3 Å². The van der Waals surface area contributed by atoms with Crippen molar-refractivity contribution < 1.29 is 9.13 Å². The van der Waals surface area contributed by atoms with E-state index in [1.54, 1.807) is 12.1 Å². The number of hydrogen-bond acceptors (Lipinski definition) is 4. The van der Waals surface area contributed by atoms with Gasteiger partial charge in [0.25, 0.3) is 0 Å². The minimum absolute atomic E-state index is 0.133. The van der Waals surface area contributed by atoms with Gasteiger partial charge < -0.3 is 10.1 Å². The number of fused-ring (bicyclic) bond motifs is 2. The summed E-state index contributed by atoms with van der Waals surface area (Å²) in [6.07, 6.45) is 3.60. The van der Waals surface area contributed by atoms with E-state index >= 15 is 0 Å². The summed E-state index contributed by atoms with van der Waals surface area (Å²) in [6, 6.07) is 4.90. The van der Waals surface area contributed by atoms with Crippen LogP contribution in [0.1, 0.15) is 45.6 Å². The lowest BCUT2D eigenvalue weighted by Crippen LogP contribution is -2.47.